The third-order valence-corrected chi connectivity index (χ3v) is 4.15. The molecule has 1 aliphatic rings. The van der Waals surface area contributed by atoms with Crippen molar-refractivity contribution < 1.29 is 4.79 Å². The second-order valence-corrected chi connectivity index (χ2v) is 6.19. The molecule has 1 unspecified atom stereocenters. The van der Waals surface area contributed by atoms with Crippen LogP contribution in [0.2, 0.25) is 0 Å². The Bertz CT molecular complexity index is 373. The van der Waals surface area contributed by atoms with Gasteiger partial charge in [-0.25, -0.2) is 0 Å². The van der Waals surface area contributed by atoms with Crippen molar-refractivity contribution in [3.8, 4) is 6.07 Å². The second-order valence-electron chi connectivity index (χ2n) is 6.19. The molecule has 0 saturated heterocycles. The first-order valence-corrected chi connectivity index (χ1v) is 6.42. The SMILES string of the molecule is CC(=O)CCC1(C)CCCC(C)(C)/C1=C\C#N. The molecular formula is C15H23NO. The van der Waals surface area contributed by atoms with Crippen molar-refractivity contribution in [1.82, 2.24) is 0 Å². The molecule has 0 spiro atoms. The summed E-state index contributed by atoms with van der Waals surface area (Å²) in [5.74, 6) is 0.242. The van der Waals surface area contributed by atoms with Crippen molar-refractivity contribution in [2.45, 2.75) is 59.8 Å². The van der Waals surface area contributed by atoms with Crippen molar-refractivity contribution in [3.63, 3.8) is 0 Å². The van der Waals surface area contributed by atoms with E-state index < -0.39 is 0 Å². The fourth-order valence-electron chi connectivity index (χ4n) is 3.15. The molecule has 0 aromatic rings. The summed E-state index contributed by atoms with van der Waals surface area (Å²) in [7, 11) is 0. The summed E-state index contributed by atoms with van der Waals surface area (Å²) < 4.78 is 0. The van der Waals surface area contributed by atoms with Gasteiger partial charge >= 0.3 is 0 Å². The highest BCUT2D eigenvalue weighted by Crippen LogP contribution is 2.52. The molecule has 1 rings (SSSR count). The number of rotatable bonds is 3. The summed E-state index contributed by atoms with van der Waals surface area (Å²) in [6, 6.07) is 2.19. The maximum atomic E-state index is 11.2. The van der Waals surface area contributed by atoms with Gasteiger partial charge in [-0.05, 0) is 42.6 Å². The van der Waals surface area contributed by atoms with E-state index in [1.165, 1.54) is 12.0 Å². The monoisotopic (exact) mass is 233 g/mol. The molecule has 1 atom stereocenters. The zero-order chi connectivity index (χ0) is 13.1. The average molecular weight is 233 g/mol. The minimum Gasteiger partial charge on any atom is -0.300 e. The summed E-state index contributed by atoms with van der Waals surface area (Å²) >= 11 is 0. The number of carbonyl (C=O) groups is 1. The first-order valence-electron chi connectivity index (χ1n) is 6.42. The minimum absolute atomic E-state index is 0.0309. The third-order valence-electron chi connectivity index (χ3n) is 4.15. The Morgan fingerprint density at radius 1 is 1.41 bits per heavy atom. The van der Waals surface area contributed by atoms with Crippen LogP contribution in [0.15, 0.2) is 11.6 Å². The Labute approximate surface area is 105 Å². The number of allylic oxidation sites excluding steroid dienone is 2. The van der Waals surface area contributed by atoms with E-state index >= 15 is 0 Å². The summed E-state index contributed by atoms with van der Waals surface area (Å²) in [5, 5.41) is 8.97. The van der Waals surface area contributed by atoms with Crippen LogP contribution in [-0.4, -0.2) is 5.78 Å². The van der Waals surface area contributed by atoms with Crippen molar-refractivity contribution in [3.05, 3.63) is 11.6 Å². The van der Waals surface area contributed by atoms with Gasteiger partial charge in [-0.1, -0.05) is 27.2 Å². The molecule has 1 aliphatic carbocycles. The van der Waals surface area contributed by atoms with Gasteiger partial charge in [0.2, 0.25) is 0 Å². The molecule has 0 aliphatic heterocycles. The summed E-state index contributed by atoms with van der Waals surface area (Å²) in [6.07, 6.45) is 6.63. The van der Waals surface area contributed by atoms with Gasteiger partial charge in [-0.2, -0.15) is 5.26 Å². The Hall–Kier alpha value is -1.10. The number of hydrogen-bond donors (Lipinski definition) is 0. The zero-order valence-electron chi connectivity index (χ0n) is 11.5. The maximum Gasteiger partial charge on any atom is 0.129 e. The van der Waals surface area contributed by atoms with Crippen LogP contribution in [0.3, 0.4) is 0 Å². The van der Waals surface area contributed by atoms with Crippen LogP contribution < -0.4 is 0 Å². The molecule has 0 radical (unpaired) electrons. The molecule has 0 aromatic heterocycles. The van der Waals surface area contributed by atoms with E-state index in [1.807, 2.05) is 0 Å². The molecule has 0 heterocycles. The van der Waals surface area contributed by atoms with E-state index in [0.29, 0.717) is 6.42 Å². The fourth-order valence-corrected chi connectivity index (χ4v) is 3.15. The molecule has 17 heavy (non-hydrogen) atoms. The average Bonchev–Trinajstić information content (AvgIpc) is 2.21. The lowest BCUT2D eigenvalue weighted by Gasteiger charge is -2.46. The van der Waals surface area contributed by atoms with Gasteiger partial charge in [0.05, 0.1) is 6.07 Å². The van der Waals surface area contributed by atoms with E-state index in [-0.39, 0.29) is 16.6 Å². The van der Waals surface area contributed by atoms with Gasteiger partial charge in [0.25, 0.3) is 0 Å². The van der Waals surface area contributed by atoms with Crippen molar-refractivity contribution in [2.75, 3.05) is 0 Å². The van der Waals surface area contributed by atoms with Gasteiger partial charge in [0.1, 0.15) is 5.78 Å². The van der Waals surface area contributed by atoms with E-state index in [1.54, 1.807) is 13.0 Å². The summed E-state index contributed by atoms with van der Waals surface area (Å²) in [5.41, 5.74) is 1.36. The molecule has 2 nitrogen and oxygen atoms in total. The Balaban J connectivity index is 2.99. The predicted octanol–water partition coefficient (Wildman–Crippen LogP) is 4.02. The van der Waals surface area contributed by atoms with E-state index in [4.69, 9.17) is 5.26 Å². The predicted molar refractivity (Wildman–Crippen MR) is 69.4 cm³/mol. The van der Waals surface area contributed by atoms with Crippen LogP contribution in [0.5, 0.6) is 0 Å². The first kappa shape index (κ1) is 14.0. The zero-order valence-corrected chi connectivity index (χ0v) is 11.5. The van der Waals surface area contributed by atoms with Crippen molar-refractivity contribution in [1.29, 1.82) is 5.26 Å². The molecule has 2 heteroatoms. The Morgan fingerprint density at radius 3 is 2.59 bits per heavy atom. The normalized spacial score (nSPS) is 29.9. The molecule has 94 valence electrons. The first-order chi connectivity index (χ1) is 7.82. The highest BCUT2D eigenvalue weighted by Gasteiger charge is 2.41. The van der Waals surface area contributed by atoms with Crippen molar-refractivity contribution in [2.24, 2.45) is 10.8 Å². The number of Topliss-reactive ketones (excluding diaryl/α,β-unsaturated/α-hetero) is 1. The quantitative estimate of drug-likeness (QED) is 0.691. The lowest BCUT2D eigenvalue weighted by Crippen LogP contribution is -2.34. The van der Waals surface area contributed by atoms with Crippen LogP contribution >= 0.6 is 0 Å². The van der Waals surface area contributed by atoms with Crippen molar-refractivity contribution >= 4 is 5.78 Å². The summed E-state index contributed by atoms with van der Waals surface area (Å²) in [6.45, 7) is 8.27. The number of nitrogens with zero attached hydrogens (tertiary/aromatic N) is 1. The number of ketones is 1. The maximum absolute atomic E-state index is 11.2. The van der Waals surface area contributed by atoms with Crippen LogP contribution in [0.25, 0.3) is 0 Å². The number of carbonyl (C=O) groups excluding carboxylic acids is 1. The molecule has 0 bridgehead atoms. The standard InChI is InChI=1S/C15H23NO/c1-12(17)6-10-15(4)9-5-8-14(2,3)13(15)7-11-16/h7H,5-6,8-10H2,1-4H3/b13-7+. The lowest BCUT2D eigenvalue weighted by atomic mass is 9.59. The Morgan fingerprint density at radius 2 is 2.06 bits per heavy atom. The van der Waals surface area contributed by atoms with Crippen LogP contribution in [-0.2, 0) is 4.79 Å². The molecule has 1 fully saturated rings. The molecule has 0 amide bonds. The highest BCUT2D eigenvalue weighted by atomic mass is 16.1. The second kappa shape index (κ2) is 5.04. The summed E-state index contributed by atoms with van der Waals surface area (Å²) in [4.78, 5) is 11.2. The van der Waals surface area contributed by atoms with Crippen LogP contribution in [0.1, 0.15) is 59.8 Å². The van der Waals surface area contributed by atoms with E-state index in [0.717, 1.165) is 19.3 Å². The smallest absolute Gasteiger partial charge is 0.129 e. The van der Waals surface area contributed by atoms with Crippen LogP contribution in [0.4, 0.5) is 0 Å². The highest BCUT2D eigenvalue weighted by molar-refractivity contribution is 5.75. The van der Waals surface area contributed by atoms with Crippen LogP contribution in [0, 0.1) is 22.2 Å². The molecular weight excluding hydrogens is 210 g/mol. The van der Waals surface area contributed by atoms with Gasteiger partial charge in [0.15, 0.2) is 0 Å². The lowest BCUT2D eigenvalue weighted by molar-refractivity contribution is -0.117. The number of nitriles is 1. The molecule has 1 saturated carbocycles. The minimum atomic E-state index is 0.0309. The van der Waals surface area contributed by atoms with E-state index in [2.05, 4.69) is 26.8 Å². The van der Waals surface area contributed by atoms with Gasteiger partial charge in [0, 0.05) is 12.5 Å². The third kappa shape index (κ3) is 3.19. The topological polar surface area (TPSA) is 40.9 Å². The Kier molecular flexibility index (Phi) is 4.14. The molecule has 0 N–H and O–H groups in total. The van der Waals surface area contributed by atoms with Gasteiger partial charge in [-0.3, -0.25) is 0 Å². The largest absolute Gasteiger partial charge is 0.300 e. The van der Waals surface area contributed by atoms with Gasteiger partial charge in [-0.15, -0.1) is 0 Å². The van der Waals surface area contributed by atoms with E-state index in [9.17, 15) is 4.79 Å². The van der Waals surface area contributed by atoms with Gasteiger partial charge < -0.3 is 4.79 Å². The number of hydrogen-bond acceptors (Lipinski definition) is 2. The fraction of sp³-hybridized carbons (Fsp3) is 0.733. The molecule has 0 aromatic carbocycles.